The maximum Gasteiger partial charge on any atom is 0.0462 e. The first-order valence-electron chi connectivity index (χ1n) is 5.31. The fourth-order valence-electron chi connectivity index (χ4n) is 1.64. The predicted molar refractivity (Wildman–Crippen MR) is 54.8 cm³/mol. The minimum Gasteiger partial charge on any atom is -0.385 e. The Kier molecular flexibility index (Phi) is 5.35. The predicted octanol–water partition coefficient (Wildman–Crippen LogP) is 0.836. The minimum atomic E-state index is 0.792. The SMILES string of the molecule is COCCCCN(CCN)C1CC1. The smallest absolute Gasteiger partial charge is 0.0462 e. The van der Waals surface area contributed by atoms with Crippen LogP contribution in [0.5, 0.6) is 0 Å². The summed E-state index contributed by atoms with van der Waals surface area (Å²) in [6.45, 7) is 3.95. The first kappa shape index (κ1) is 11.0. The Morgan fingerprint density at radius 1 is 1.31 bits per heavy atom. The van der Waals surface area contributed by atoms with Gasteiger partial charge < -0.3 is 10.5 Å². The van der Waals surface area contributed by atoms with Crippen LogP contribution in [0.15, 0.2) is 0 Å². The van der Waals surface area contributed by atoms with Crippen LogP contribution in [0.1, 0.15) is 25.7 Å². The Morgan fingerprint density at radius 2 is 2.08 bits per heavy atom. The van der Waals surface area contributed by atoms with Crippen molar-refractivity contribution in [2.75, 3.05) is 33.4 Å². The summed E-state index contributed by atoms with van der Waals surface area (Å²) in [5.41, 5.74) is 5.56. The number of nitrogens with two attached hydrogens (primary N) is 1. The summed E-state index contributed by atoms with van der Waals surface area (Å²) in [5, 5.41) is 0. The molecule has 0 aliphatic heterocycles. The number of hydrogen-bond donors (Lipinski definition) is 1. The average molecular weight is 186 g/mol. The molecule has 2 N–H and O–H groups in total. The third-order valence-electron chi connectivity index (χ3n) is 2.52. The Morgan fingerprint density at radius 3 is 2.62 bits per heavy atom. The van der Waals surface area contributed by atoms with Crippen molar-refractivity contribution in [2.45, 2.75) is 31.7 Å². The van der Waals surface area contributed by atoms with Crippen molar-refractivity contribution in [3.05, 3.63) is 0 Å². The maximum absolute atomic E-state index is 5.56. The highest BCUT2D eigenvalue weighted by molar-refractivity contribution is 4.84. The van der Waals surface area contributed by atoms with Gasteiger partial charge in [0.1, 0.15) is 0 Å². The monoisotopic (exact) mass is 186 g/mol. The second-order valence-electron chi connectivity index (χ2n) is 3.76. The van der Waals surface area contributed by atoms with E-state index >= 15 is 0 Å². The van der Waals surface area contributed by atoms with Crippen LogP contribution in [0.25, 0.3) is 0 Å². The van der Waals surface area contributed by atoms with Crippen LogP contribution < -0.4 is 5.73 Å². The highest BCUT2D eigenvalue weighted by Gasteiger charge is 2.27. The zero-order valence-corrected chi connectivity index (χ0v) is 8.67. The van der Waals surface area contributed by atoms with Crippen LogP contribution in [0.4, 0.5) is 0 Å². The van der Waals surface area contributed by atoms with Crippen LogP contribution in [-0.2, 0) is 4.74 Å². The molecule has 0 bridgehead atoms. The van der Waals surface area contributed by atoms with Gasteiger partial charge in [0.15, 0.2) is 0 Å². The van der Waals surface area contributed by atoms with E-state index in [1.165, 1.54) is 32.2 Å². The molecule has 1 rings (SSSR count). The topological polar surface area (TPSA) is 38.5 Å². The van der Waals surface area contributed by atoms with E-state index in [-0.39, 0.29) is 0 Å². The fraction of sp³-hybridized carbons (Fsp3) is 1.00. The number of unbranched alkanes of at least 4 members (excludes halogenated alkanes) is 1. The summed E-state index contributed by atoms with van der Waals surface area (Å²) in [4.78, 5) is 2.52. The molecule has 0 aromatic heterocycles. The van der Waals surface area contributed by atoms with Crippen molar-refractivity contribution in [3.8, 4) is 0 Å². The van der Waals surface area contributed by atoms with Crippen molar-refractivity contribution < 1.29 is 4.74 Å². The van der Waals surface area contributed by atoms with E-state index in [4.69, 9.17) is 10.5 Å². The van der Waals surface area contributed by atoms with Gasteiger partial charge in [-0.05, 0) is 32.2 Å². The lowest BCUT2D eigenvalue weighted by molar-refractivity contribution is 0.183. The van der Waals surface area contributed by atoms with Crippen LogP contribution in [0, 0.1) is 0 Å². The summed E-state index contributed by atoms with van der Waals surface area (Å²) in [5.74, 6) is 0. The second-order valence-corrected chi connectivity index (χ2v) is 3.76. The van der Waals surface area contributed by atoms with Crippen LogP contribution in [-0.4, -0.2) is 44.3 Å². The molecule has 0 saturated heterocycles. The molecule has 0 unspecified atom stereocenters. The molecule has 78 valence electrons. The van der Waals surface area contributed by atoms with E-state index < -0.39 is 0 Å². The molecule has 0 aromatic rings. The first-order chi connectivity index (χ1) is 6.38. The van der Waals surface area contributed by atoms with E-state index in [9.17, 15) is 0 Å². The Balaban J connectivity index is 2.00. The third-order valence-corrected chi connectivity index (χ3v) is 2.52. The highest BCUT2D eigenvalue weighted by atomic mass is 16.5. The highest BCUT2D eigenvalue weighted by Crippen LogP contribution is 2.26. The lowest BCUT2D eigenvalue weighted by Crippen LogP contribution is -2.32. The molecule has 1 fully saturated rings. The molecule has 0 spiro atoms. The van der Waals surface area contributed by atoms with Gasteiger partial charge in [0.25, 0.3) is 0 Å². The minimum absolute atomic E-state index is 0.792. The maximum atomic E-state index is 5.56. The van der Waals surface area contributed by atoms with E-state index in [2.05, 4.69) is 4.90 Å². The van der Waals surface area contributed by atoms with Crippen LogP contribution in [0.3, 0.4) is 0 Å². The van der Waals surface area contributed by atoms with Crippen molar-refractivity contribution in [1.82, 2.24) is 4.90 Å². The van der Waals surface area contributed by atoms with Crippen molar-refractivity contribution in [2.24, 2.45) is 5.73 Å². The zero-order chi connectivity index (χ0) is 9.52. The second kappa shape index (κ2) is 6.35. The molecule has 0 heterocycles. The van der Waals surface area contributed by atoms with Crippen LogP contribution >= 0.6 is 0 Å². The summed E-state index contributed by atoms with van der Waals surface area (Å²) in [7, 11) is 1.76. The summed E-state index contributed by atoms with van der Waals surface area (Å²) in [6.07, 6.45) is 5.17. The summed E-state index contributed by atoms with van der Waals surface area (Å²) < 4.78 is 5.02. The van der Waals surface area contributed by atoms with Crippen molar-refractivity contribution in [3.63, 3.8) is 0 Å². The van der Waals surface area contributed by atoms with Gasteiger partial charge in [-0.3, -0.25) is 4.90 Å². The van der Waals surface area contributed by atoms with Gasteiger partial charge in [-0.2, -0.15) is 0 Å². The number of hydrogen-bond acceptors (Lipinski definition) is 3. The average Bonchev–Trinajstić information content (AvgIpc) is 2.93. The van der Waals surface area contributed by atoms with Gasteiger partial charge in [0.2, 0.25) is 0 Å². The van der Waals surface area contributed by atoms with E-state index in [1.54, 1.807) is 7.11 Å². The molecule has 0 amide bonds. The van der Waals surface area contributed by atoms with Gasteiger partial charge in [-0.1, -0.05) is 0 Å². The molecule has 0 radical (unpaired) electrons. The van der Waals surface area contributed by atoms with E-state index in [0.29, 0.717) is 0 Å². The summed E-state index contributed by atoms with van der Waals surface area (Å²) >= 11 is 0. The molecule has 3 heteroatoms. The quantitative estimate of drug-likeness (QED) is 0.571. The van der Waals surface area contributed by atoms with Crippen molar-refractivity contribution >= 4 is 0 Å². The number of ether oxygens (including phenoxy) is 1. The molecule has 0 aromatic carbocycles. The molecular weight excluding hydrogens is 164 g/mol. The molecule has 13 heavy (non-hydrogen) atoms. The van der Waals surface area contributed by atoms with Gasteiger partial charge in [-0.15, -0.1) is 0 Å². The standard InChI is InChI=1S/C10H22N2O/c1-13-9-3-2-7-12(8-6-11)10-4-5-10/h10H,2-9,11H2,1H3. The normalized spacial score (nSPS) is 16.8. The fourth-order valence-corrected chi connectivity index (χ4v) is 1.64. The largest absolute Gasteiger partial charge is 0.385 e. The number of methoxy groups -OCH3 is 1. The van der Waals surface area contributed by atoms with Gasteiger partial charge >= 0.3 is 0 Å². The van der Waals surface area contributed by atoms with E-state index in [0.717, 1.165) is 25.7 Å². The first-order valence-corrected chi connectivity index (χ1v) is 5.31. The van der Waals surface area contributed by atoms with Gasteiger partial charge in [0, 0.05) is 32.8 Å². The lowest BCUT2D eigenvalue weighted by Gasteiger charge is -2.20. The van der Waals surface area contributed by atoms with Crippen molar-refractivity contribution in [1.29, 1.82) is 0 Å². The molecule has 1 aliphatic carbocycles. The molecular formula is C10H22N2O. The lowest BCUT2D eigenvalue weighted by atomic mass is 10.3. The number of rotatable bonds is 8. The Bertz CT molecular complexity index is 126. The van der Waals surface area contributed by atoms with Gasteiger partial charge in [-0.25, -0.2) is 0 Å². The molecule has 0 atom stereocenters. The Hall–Kier alpha value is -0.120. The van der Waals surface area contributed by atoms with Crippen LogP contribution in [0.2, 0.25) is 0 Å². The Labute approximate surface area is 81.2 Å². The molecule has 1 saturated carbocycles. The third kappa shape index (κ3) is 4.60. The zero-order valence-electron chi connectivity index (χ0n) is 8.67. The molecule has 3 nitrogen and oxygen atoms in total. The summed E-state index contributed by atoms with van der Waals surface area (Å²) in [6, 6.07) is 0.853. The molecule has 1 aliphatic rings. The van der Waals surface area contributed by atoms with Gasteiger partial charge in [0.05, 0.1) is 0 Å². The number of nitrogens with zero attached hydrogens (tertiary/aromatic N) is 1. The van der Waals surface area contributed by atoms with E-state index in [1.807, 2.05) is 0 Å².